The summed E-state index contributed by atoms with van der Waals surface area (Å²) in [5.41, 5.74) is 7.91. The van der Waals surface area contributed by atoms with Gasteiger partial charge in [-0.2, -0.15) is 0 Å². The maximum atomic E-state index is 5.67. The van der Waals surface area contributed by atoms with Crippen LogP contribution in [0.15, 0.2) is 18.3 Å². The number of rotatable bonds is 3. The lowest BCUT2D eigenvalue weighted by Crippen LogP contribution is -2.36. The quantitative estimate of drug-likeness (QED) is 0.778. The van der Waals surface area contributed by atoms with Gasteiger partial charge in [-0.05, 0) is 11.6 Å². The molecule has 0 atom stereocenters. The molecule has 0 amide bonds. The Bertz CT molecular complexity index is 310. The lowest BCUT2D eigenvalue weighted by molar-refractivity contribution is 0.0335. The maximum absolute atomic E-state index is 5.67. The summed E-state index contributed by atoms with van der Waals surface area (Å²) in [7, 11) is 0. The van der Waals surface area contributed by atoms with Gasteiger partial charge < -0.3 is 10.5 Å². The lowest BCUT2D eigenvalue weighted by atomic mass is 10.2. The summed E-state index contributed by atoms with van der Waals surface area (Å²) in [6.45, 7) is 5.07. The van der Waals surface area contributed by atoms with Crippen molar-refractivity contribution >= 4 is 0 Å². The van der Waals surface area contributed by atoms with Crippen LogP contribution in [0.25, 0.3) is 0 Å². The van der Waals surface area contributed by atoms with Gasteiger partial charge in [0, 0.05) is 32.4 Å². The van der Waals surface area contributed by atoms with Gasteiger partial charge in [-0.25, -0.2) is 0 Å². The van der Waals surface area contributed by atoms with Crippen molar-refractivity contribution < 1.29 is 4.74 Å². The molecule has 82 valence electrons. The minimum absolute atomic E-state index is 0.563. The number of hydrogen-bond acceptors (Lipinski definition) is 4. The van der Waals surface area contributed by atoms with Crippen molar-refractivity contribution in [1.82, 2.24) is 9.88 Å². The van der Waals surface area contributed by atoms with E-state index in [4.69, 9.17) is 10.5 Å². The number of pyridine rings is 1. The Hall–Kier alpha value is -0.970. The van der Waals surface area contributed by atoms with Gasteiger partial charge in [-0.1, -0.05) is 6.07 Å². The summed E-state index contributed by atoms with van der Waals surface area (Å²) in [5.74, 6) is 0. The van der Waals surface area contributed by atoms with E-state index in [0.29, 0.717) is 6.54 Å². The fourth-order valence-corrected chi connectivity index (χ4v) is 1.77. The number of nitrogens with two attached hydrogens (primary N) is 1. The number of nitrogens with zero attached hydrogens (tertiary/aromatic N) is 2. The molecule has 0 radical (unpaired) electrons. The first-order chi connectivity index (χ1) is 7.40. The van der Waals surface area contributed by atoms with E-state index in [1.165, 1.54) is 0 Å². The molecule has 2 rings (SSSR count). The van der Waals surface area contributed by atoms with Crippen LogP contribution in [0.3, 0.4) is 0 Å². The molecule has 0 aromatic carbocycles. The molecular weight excluding hydrogens is 190 g/mol. The first-order valence-electron chi connectivity index (χ1n) is 5.33. The molecule has 0 bridgehead atoms. The number of aromatic nitrogens is 1. The van der Waals surface area contributed by atoms with Gasteiger partial charge in [0.2, 0.25) is 0 Å². The molecule has 1 aromatic rings. The van der Waals surface area contributed by atoms with Crippen molar-refractivity contribution in [3.05, 3.63) is 29.6 Å². The summed E-state index contributed by atoms with van der Waals surface area (Å²) < 4.78 is 5.31. The van der Waals surface area contributed by atoms with Crippen LogP contribution >= 0.6 is 0 Å². The fraction of sp³-hybridized carbons (Fsp3) is 0.545. The number of morpholine rings is 1. The molecule has 0 unspecified atom stereocenters. The second kappa shape index (κ2) is 5.21. The van der Waals surface area contributed by atoms with Crippen LogP contribution < -0.4 is 5.73 Å². The Kier molecular flexibility index (Phi) is 3.66. The van der Waals surface area contributed by atoms with Crippen molar-refractivity contribution in [3.63, 3.8) is 0 Å². The van der Waals surface area contributed by atoms with Gasteiger partial charge >= 0.3 is 0 Å². The van der Waals surface area contributed by atoms with Gasteiger partial charge in [0.1, 0.15) is 0 Å². The molecular formula is C11H17N3O. The molecule has 0 spiro atoms. The van der Waals surface area contributed by atoms with Crippen LogP contribution in [0.5, 0.6) is 0 Å². The monoisotopic (exact) mass is 207 g/mol. The maximum Gasteiger partial charge on any atom is 0.0594 e. The average Bonchev–Trinajstić information content (AvgIpc) is 2.31. The van der Waals surface area contributed by atoms with Crippen molar-refractivity contribution in [3.8, 4) is 0 Å². The Morgan fingerprint density at radius 3 is 2.93 bits per heavy atom. The molecule has 1 aliphatic heterocycles. The third kappa shape index (κ3) is 2.75. The smallest absolute Gasteiger partial charge is 0.0594 e. The molecule has 0 saturated carbocycles. The minimum atomic E-state index is 0.563. The van der Waals surface area contributed by atoms with Crippen LogP contribution in [0, 0.1) is 0 Å². The summed E-state index contributed by atoms with van der Waals surface area (Å²) in [5, 5.41) is 0. The number of ether oxygens (including phenoxy) is 1. The van der Waals surface area contributed by atoms with Gasteiger partial charge in [-0.3, -0.25) is 9.88 Å². The van der Waals surface area contributed by atoms with E-state index >= 15 is 0 Å². The molecule has 0 aliphatic carbocycles. The van der Waals surface area contributed by atoms with Crippen LogP contribution in [-0.4, -0.2) is 36.2 Å². The van der Waals surface area contributed by atoms with Gasteiger partial charge in [-0.15, -0.1) is 0 Å². The van der Waals surface area contributed by atoms with Gasteiger partial charge in [0.15, 0.2) is 0 Å². The van der Waals surface area contributed by atoms with Crippen LogP contribution in [-0.2, 0) is 17.8 Å². The first-order valence-corrected chi connectivity index (χ1v) is 5.33. The van der Waals surface area contributed by atoms with E-state index in [1.54, 1.807) is 0 Å². The summed E-state index contributed by atoms with van der Waals surface area (Å²) in [4.78, 5) is 6.73. The topological polar surface area (TPSA) is 51.4 Å². The zero-order valence-electron chi connectivity index (χ0n) is 8.85. The highest BCUT2D eigenvalue weighted by Gasteiger charge is 2.12. The highest BCUT2D eigenvalue weighted by Crippen LogP contribution is 2.09. The first kappa shape index (κ1) is 10.5. The second-order valence-electron chi connectivity index (χ2n) is 3.70. The van der Waals surface area contributed by atoms with E-state index in [-0.39, 0.29) is 0 Å². The van der Waals surface area contributed by atoms with Crippen molar-refractivity contribution in [2.45, 2.75) is 13.1 Å². The normalized spacial score (nSPS) is 17.9. The molecule has 1 fully saturated rings. The highest BCUT2D eigenvalue weighted by molar-refractivity contribution is 5.19. The van der Waals surface area contributed by atoms with E-state index in [1.807, 2.05) is 18.3 Å². The third-order valence-corrected chi connectivity index (χ3v) is 2.68. The summed E-state index contributed by atoms with van der Waals surface area (Å²) >= 11 is 0. The molecule has 4 heteroatoms. The van der Waals surface area contributed by atoms with Gasteiger partial charge in [0.05, 0.1) is 18.9 Å². The van der Waals surface area contributed by atoms with E-state index in [2.05, 4.69) is 9.88 Å². The number of hydrogen-bond donors (Lipinski definition) is 1. The molecule has 2 heterocycles. The Balaban J connectivity index is 2.02. The minimum Gasteiger partial charge on any atom is -0.379 e. The van der Waals surface area contributed by atoms with Gasteiger partial charge in [0.25, 0.3) is 0 Å². The largest absolute Gasteiger partial charge is 0.379 e. The van der Waals surface area contributed by atoms with Crippen molar-refractivity contribution in [1.29, 1.82) is 0 Å². The van der Waals surface area contributed by atoms with E-state index < -0.39 is 0 Å². The zero-order chi connectivity index (χ0) is 10.5. The second-order valence-corrected chi connectivity index (χ2v) is 3.70. The highest BCUT2D eigenvalue weighted by atomic mass is 16.5. The molecule has 4 nitrogen and oxygen atoms in total. The zero-order valence-corrected chi connectivity index (χ0v) is 8.85. The molecule has 15 heavy (non-hydrogen) atoms. The molecule has 1 aromatic heterocycles. The Morgan fingerprint density at radius 1 is 1.40 bits per heavy atom. The lowest BCUT2D eigenvalue weighted by Gasteiger charge is -2.26. The third-order valence-electron chi connectivity index (χ3n) is 2.68. The SMILES string of the molecule is NCc1cccnc1CN1CCOCC1. The predicted octanol–water partition coefficient (Wildman–Crippen LogP) is 0.372. The van der Waals surface area contributed by atoms with E-state index in [9.17, 15) is 0 Å². The van der Waals surface area contributed by atoms with E-state index in [0.717, 1.165) is 44.1 Å². The Morgan fingerprint density at radius 2 is 2.20 bits per heavy atom. The van der Waals surface area contributed by atoms with Crippen LogP contribution in [0.1, 0.15) is 11.3 Å². The summed E-state index contributed by atoms with van der Waals surface area (Å²) in [6, 6.07) is 3.98. The summed E-state index contributed by atoms with van der Waals surface area (Å²) in [6.07, 6.45) is 1.83. The van der Waals surface area contributed by atoms with Crippen molar-refractivity contribution in [2.75, 3.05) is 26.3 Å². The molecule has 1 saturated heterocycles. The Labute approximate surface area is 90.0 Å². The van der Waals surface area contributed by atoms with Crippen molar-refractivity contribution in [2.24, 2.45) is 5.73 Å². The fourth-order valence-electron chi connectivity index (χ4n) is 1.77. The molecule has 1 aliphatic rings. The van der Waals surface area contributed by atoms with Crippen LogP contribution in [0.4, 0.5) is 0 Å². The van der Waals surface area contributed by atoms with Crippen LogP contribution in [0.2, 0.25) is 0 Å². The standard InChI is InChI=1S/C11H17N3O/c12-8-10-2-1-3-13-11(10)9-14-4-6-15-7-5-14/h1-3H,4-9,12H2. The predicted molar refractivity (Wildman–Crippen MR) is 58.2 cm³/mol. The molecule has 2 N–H and O–H groups in total. The average molecular weight is 207 g/mol.